The minimum Gasteiger partial charge on any atom is -0.316 e. The number of piperidine rings is 2. The van der Waals surface area contributed by atoms with Crippen molar-refractivity contribution in [2.45, 2.75) is 13.3 Å². The van der Waals surface area contributed by atoms with Gasteiger partial charge in [-0.2, -0.15) is 0 Å². The van der Waals surface area contributed by atoms with Crippen LogP contribution in [0.3, 0.4) is 0 Å². The van der Waals surface area contributed by atoms with Gasteiger partial charge in [-0.25, -0.2) is 0 Å². The summed E-state index contributed by atoms with van der Waals surface area (Å²) < 4.78 is 0. The van der Waals surface area contributed by atoms with Crippen LogP contribution in [0, 0.1) is 11.8 Å². The van der Waals surface area contributed by atoms with E-state index in [0.717, 1.165) is 19.5 Å². The molecule has 0 aromatic heterocycles. The molecule has 4 heteroatoms. The van der Waals surface area contributed by atoms with E-state index in [1.165, 1.54) is 11.8 Å². The summed E-state index contributed by atoms with van der Waals surface area (Å²) in [7, 11) is 0. The maximum absolute atomic E-state index is 11.6. The molecule has 0 aromatic rings. The number of hydrogen-bond donors (Lipinski definition) is 1. The van der Waals surface area contributed by atoms with Crippen molar-refractivity contribution in [1.29, 1.82) is 0 Å². The molecule has 0 radical (unpaired) electrons. The van der Waals surface area contributed by atoms with Gasteiger partial charge < -0.3 is 5.32 Å². The van der Waals surface area contributed by atoms with Crippen LogP contribution in [-0.4, -0.2) is 36.3 Å². The molecule has 2 saturated heterocycles. The molecule has 0 spiro atoms. The highest BCUT2D eigenvalue weighted by Gasteiger charge is 2.38. The SMILES string of the molecule is CC(=O)N1C[C@H]2CNC[C@H](C2)C1=O. The number of amides is 2. The third-order valence-corrected chi connectivity index (χ3v) is 2.88. The Bertz CT molecular complexity index is 252. The Balaban J connectivity index is 2.15. The Hall–Kier alpha value is -0.900. The number of fused-ring (bicyclic) bond motifs is 2. The summed E-state index contributed by atoms with van der Waals surface area (Å²) in [4.78, 5) is 24.2. The zero-order valence-corrected chi connectivity index (χ0v) is 7.75. The van der Waals surface area contributed by atoms with Crippen LogP contribution in [0.2, 0.25) is 0 Å². The molecular weight excluding hydrogens is 168 g/mol. The predicted molar refractivity (Wildman–Crippen MR) is 46.9 cm³/mol. The number of nitrogens with zero attached hydrogens (tertiary/aromatic N) is 1. The second kappa shape index (κ2) is 3.10. The number of likely N-dealkylation sites (tertiary alicyclic amines) is 1. The van der Waals surface area contributed by atoms with Gasteiger partial charge in [-0.3, -0.25) is 14.5 Å². The average Bonchev–Trinajstić information content (AvgIpc) is 2.12. The molecule has 2 bridgehead atoms. The van der Waals surface area contributed by atoms with E-state index in [4.69, 9.17) is 0 Å². The van der Waals surface area contributed by atoms with Crippen LogP contribution < -0.4 is 5.32 Å². The van der Waals surface area contributed by atoms with E-state index in [-0.39, 0.29) is 17.7 Å². The van der Waals surface area contributed by atoms with E-state index in [1.807, 2.05) is 0 Å². The fourth-order valence-electron chi connectivity index (χ4n) is 2.21. The lowest BCUT2D eigenvalue weighted by Gasteiger charge is -2.39. The van der Waals surface area contributed by atoms with E-state index in [2.05, 4.69) is 5.32 Å². The van der Waals surface area contributed by atoms with Gasteiger partial charge in [0, 0.05) is 20.0 Å². The minimum absolute atomic E-state index is 0.0101. The van der Waals surface area contributed by atoms with E-state index < -0.39 is 0 Å². The Labute approximate surface area is 77.3 Å². The molecule has 0 unspecified atom stereocenters. The molecule has 0 aromatic carbocycles. The standard InChI is InChI=1S/C9H14N2O2/c1-6(12)11-5-7-2-8(9(11)13)4-10-3-7/h7-8,10H,2-5H2,1H3/t7-,8+/m1/s1. The van der Waals surface area contributed by atoms with Crippen LogP contribution in [0.1, 0.15) is 13.3 Å². The fraction of sp³-hybridized carbons (Fsp3) is 0.778. The van der Waals surface area contributed by atoms with Gasteiger partial charge in [-0.1, -0.05) is 0 Å². The monoisotopic (exact) mass is 182 g/mol. The molecule has 72 valence electrons. The van der Waals surface area contributed by atoms with Crippen molar-refractivity contribution in [3.8, 4) is 0 Å². The largest absolute Gasteiger partial charge is 0.316 e. The van der Waals surface area contributed by atoms with Crippen LogP contribution in [-0.2, 0) is 9.59 Å². The molecule has 2 rings (SSSR count). The number of carbonyl (C=O) groups is 2. The zero-order chi connectivity index (χ0) is 9.42. The quantitative estimate of drug-likeness (QED) is 0.554. The molecular formula is C9H14N2O2. The average molecular weight is 182 g/mol. The van der Waals surface area contributed by atoms with Crippen molar-refractivity contribution in [2.24, 2.45) is 11.8 Å². The van der Waals surface area contributed by atoms with Crippen LogP contribution in [0.25, 0.3) is 0 Å². The van der Waals surface area contributed by atoms with Gasteiger partial charge in [0.05, 0.1) is 5.92 Å². The van der Waals surface area contributed by atoms with Crippen molar-refractivity contribution in [3.05, 3.63) is 0 Å². The lowest BCUT2D eigenvalue weighted by molar-refractivity contribution is -0.151. The van der Waals surface area contributed by atoms with Crippen molar-refractivity contribution in [3.63, 3.8) is 0 Å². The maximum atomic E-state index is 11.6. The highest BCUT2D eigenvalue weighted by molar-refractivity contribution is 5.96. The van der Waals surface area contributed by atoms with Crippen molar-refractivity contribution in [1.82, 2.24) is 10.2 Å². The summed E-state index contributed by atoms with van der Waals surface area (Å²) >= 11 is 0. The number of hydrogen-bond acceptors (Lipinski definition) is 3. The van der Waals surface area contributed by atoms with Gasteiger partial charge >= 0.3 is 0 Å². The van der Waals surface area contributed by atoms with E-state index >= 15 is 0 Å². The number of nitrogens with one attached hydrogen (secondary N) is 1. The maximum Gasteiger partial charge on any atom is 0.233 e. The molecule has 2 heterocycles. The summed E-state index contributed by atoms with van der Waals surface area (Å²) in [6, 6.07) is 0. The van der Waals surface area contributed by atoms with Gasteiger partial charge in [-0.15, -0.1) is 0 Å². The molecule has 2 atom stereocenters. The first-order valence-electron chi connectivity index (χ1n) is 4.71. The zero-order valence-electron chi connectivity index (χ0n) is 7.75. The Morgan fingerprint density at radius 2 is 2.31 bits per heavy atom. The van der Waals surface area contributed by atoms with Gasteiger partial charge in [0.25, 0.3) is 0 Å². The van der Waals surface area contributed by atoms with E-state index in [1.54, 1.807) is 0 Å². The normalized spacial score (nSPS) is 33.3. The summed E-state index contributed by atoms with van der Waals surface area (Å²) in [5, 5.41) is 3.22. The number of rotatable bonds is 0. The molecule has 2 amide bonds. The van der Waals surface area contributed by atoms with Gasteiger partial charge in [-0.05, 0) is 18.9 Å². The predicted octanol–water partition coefficient (Wildman–Crippen LogP) is -0.399. The topological polar surface area (TPSA) is 49.4 Å². The summed E-state index contributed by atoms with van der Waals surface area (Å²) in [5.41, 5.74) is 0. The lowest BCUT2D eigenvalue weighted by atomic mass is 9.85. The number of carbonyl (C=O) groups excluding carboxylic acids is 2. The first-order valence-corrected chi connectivity index (χ1v) is 4.71. The smallest absolute Gasteiger partial charge is 0.233 e. The van der Waals surface area contributed by atoms with E-state index in [0.29, 0.717) is 12.5 Å². The molecule has 0 aliphatic carbocycles. The first kappa shape index (κ1) is 8.69. The molecule has 4 nitrogen and oxygen atoms in total. The van der Waals surface area contributed by atoms with Crippen molar-refractivity contribution < 1.29 is 9.59 Å². The molecule has 2 fully saturated rings. The van der Waals surface area contributed by atoms with Crippen LogP contribution in [0.15, 0.2) is 0 Å². The second-order valence-corrected chi connectivity index (χ2v) is 3.92. The van der Waals surface area contributed by atoms with Crippen LogP contribution in [0.5, 0.6) is 0 Å². The molecule has 13 heavy (non-hydrogen) atoms. The highest BCUT2D eigenvalue weighted by Crippen LogP contribution is 2.25. The summed E-state index contributed by atoms with van der Waals surface area (Å²) in [6.07, 6.45) is 0.954. The van der Waals surface area contributed by atoms with Crippen LogP contribution in [0.4, 0.5) is 0 Å². The third kappa shape index (κ3) is 1.46. The minimum atomic E-state index is -0.110. The van der Waals surface area contributed by atoms with Crippen molar-refractivity contribution >= 4 is 11.8 Å². The molecule has 2 aliphatic rings. The third-order valence-electron chi connectivity index (χ3n) is 2.88. The molecule has 1 N–H and O–H groups in total. The van der Waals surface area contributed by atoms with Crippen LogP contribution >= 0.6 is 0 Å². The van der Waals surface area contributed by atoms with E-state index in [9.17, 15) is 9.59 Å². The second-order valence-electron chi connectivity index (χ2n) is 3.92. The lowest BCUT2D eigenvalue weighted by Crippen LogP contribution is -2.55. The summed E-state index contributed by atoms with van der Waals surface area (Å²) in [5.74, 6) is 0.411. The van der Waals surface area contributed by atoms with Gasteiger partial charge in [0.2, 0.25) is 11.8 Å². The Kier molecular flexibility index (Phi) is 2.07. The Morgan fingerprint density at radius 3 is 3.00 bits per heavy atom. The Morgan fingerprint density at radius 1 is 1.54 bits per heavy atom. The first-order chi connectivity index (χ1) is 6.18. The molecule has 2 aliphatic heterocycles. The number of imide groups is 1. The van der Waals surface area contributed by atoms with Gasteiger partial charge in [0.15, 0.2) is 0 Å². The summed E-state index contributed by atoms with van der Waals surface area (Å²) in [6.45, 7) is 3.75. The fourth-order valence-corrected chi connectivity index (χ4v) is 2.21. The van der Waals surface area contributed by atoms with Gasteiger partial charge in [0.1, 0.15) is 0 Å². The van der Waals surface area contributed by atoms with Crippen molar-refractivity contribution in [2.75, 3.05) is 19.6 Å². The molecule has 0 saturated carbocycles. The highest BCUT2D eigenvalue weighted by atomic mass is 16.2.